The molecule has 0 heterocycles. The number of hydrazone groups is 1. The average molecular weight is 321 g/mol. The van der Waals surface area contributed by atoms with E-state index >= 15 is 0 Å². The van der Waals surface area contributed by atoms with Crippen molar-refractivity contribution in [3.05, 3.63) is 66.0 Å². The molecule has 0 atom stereocenters. The third kappa shape index (κ3) is 3.72. The first kappa shape index (κ1) is 13.4. The lowest BCUT2D eigenvalue weighted by molar-refractivity contribution is 0.106. The van der Waals surface area contributed by atoms with Gasteiger partial charge in [-0.25, -0.2) is 4.39 Å². The van der Waals surface area contributed by atoms with Gasteiger partial charge in [-0.1, -0.05) is 18.2 Å². The summed E-state index contributed by atoms with van der Waals surface area (Å²) < 4.78 is 12.9. The van der Waals surface area contributed by atoms with Gasteiger partial charge in [0.1, 0.15) is 5.82 Å². The Labute approximate surface area is 118 Å². The number of Topliss-reactive ketones (excluding diaryl/α,β-unsaturated/α-hetero) is 1. The van der Waals surface area contributed by atoms with Crippen molar-refractivity contribution >= 4 is 32.0 Å². The van der Waals surface area contributed by atoms with Crippen molar-refractivity contribution in [3.8, 4) is 0 Å². The van der Waals surface area contributed by atoms with Gasteiger partial charge < -0.3 is 0 Å². The van der Waals surface area contributed by atoms with Crippen LogP contribution in [0.1, 0.15) is 10.4 Å². The van der Waals surface area contributed by atoms with E-state index < -0.39 is 0 Å². The van der Waals surface area contributed by atoms with Gasteiger partial charge in [0.05, 0.1) is 5.69 Å². The Balaban J connectivity index is 2.08. The molecule has 0 radical (unpaired) electrons. The maximum absolute atomic E-state index is 12.8. The molecule has 0 aliphatic carbocycles. The Hall–Kier alpha value is -2.01. The number of hydrogen-bond acceptors (Lipinski definition) is 3. The van der Waals surface area contributed by atoms with Gasteiger partial charge >= 0.3 is 0 Å². The van der Waals surface area contributed by atoms with E-state index in [1.807, 2.05) is 30.3 Å². The summed E-state index contributed by atoms with van der Waals surface area (Å²) in [6.07, 6.45) is 0. The molecule has 0 fully saturated rings. The Morgan fingerprint density at radius 2 is 1.68 bits per heavy atom. The van der Waals surface area contributed by atoms with Crippen LogP contribution in [0.25, 0.3) is 0 Å². The molecule has 5 heteroatoms. The van der Waals surface area contributed by atoms with Crippen LogP contribution < -0.4 is 5.43 Å². The molecule has 0 saturated carbocycles. The zero-order valence-corrected chi connectivity index (χ0v) is 11.4. The van der Waals surface area contributed by atoms with Gasteiger partial charge in [0.2, 0.25) is 5.78 Å². The summed E-state index contributed by atoms with van der Waals surface area (Å²) in [5, 5.41) is 3.93. The number of carbonyl (C=O) groups excluding carboxylic acids is 1. The standard InChI is InChI=1S/C14H10BrFN2O/c15-14(18-17-12-4-2-1-3-5-12)13(19)10-6-8-11(16)9-7-10/h1-9,17H/b18-14+. The quantitative estimate of drug-likeness (QED) is 0.528. The SMILES string of the molecule is O=C(/C(Br)=N\Nc1ccccc1)c1ccc(F)cc1. The summed E-state index contributed by atoms with van der Waals surface area (Å²) >= 11 is 3.10. The van der Waals surface area contributed by atoms with E-state index in [1.165, 1.54) is 24.3 Å². The van der Waals surface area contributed by atoms with E-state index in [1.54, 1.807) is 0 Å². The summed E-state index contributed by atoms with van der Waals surface area (Å²) in [5.74, 6) is -0.699. The highest BCUT2D eigenvalue weighted by Gasteiger charge is 2.11. The van der Waals surface area contributed by atoms with Crippen LogP contribution >= 0.6 is 15.9 Å². The summed E-state index contributed by atoms with van der Waals surface area (Å²) in [7, 11) is 0. The van der Waals surface area contributed by atoms with Crippen LogP contribution in [-0.4, -0.2) is 10.4 Å². The van der Waals surface area contributed by atoms with Crippen molar-refractivity contribution < 1.29 is 9.18 Å². The summed E-state index contributed by atoms with van der Waals surface area (Å²) in [6.45, 7) is 0. The third-order valence-corrected chi connectivity index (χ3v) is 2.89. The number of anilines is 1. The number of para-hydroxylation sites is 1. The monoisotopic (exact) mass is 320 g/mol. The molecule has 2 aromatic rings. The molecular weight excluding hydrogens is 311 g/mol. The van der Waals surface area contributed by atoms with Gasteiger partial charge in [-0.05, 0) is 52.3 Å². The zero-order chi connectivity index (χ0) is 13.7. The van der Waals surface area contributed by atoms with Crippen LogP contribution in [0, 0.1) is 5.82 Å². The van der Waals surface area contributed by atoms with Crippen LogP contribution in [-0.2, 0) is 0 Å². The molecule has 1 N–H and O–H groups in total. The van der Waals surface area contributed by atoms with Crippen molar-refractivity contribution in [2.24, 2.45) is 5.10 Å². The minimum Gasteiger partial charge on any atom is -0.286 e. The number of halogens is 2. The largest absolute Gasteiger partial charge is 0.286 e. The van der Waals surface area contributed by atoms with Crippen LogP contribution in [0.4, 0.5) is 10.1 Å². The second kappa shape index (κ2) is 6.24. The van der Waals surface area contributed by atoms with Crippen LogP contribution in [0.5, 0.6) is 0 Å². The van der Waals surface area contributed by atoms with E-state index in [0.717, 1.165) is 5.69 Å². The number of ketones is 1. The average Bonchev–Trinajstić information content (AvgIpc) is 2.46. The van der Waals surface area contributed by atoms with Gasteiger partial charge in [0.25, 0.3) is 0 Å². The maximum atomic E-state index is 12.8. The second-order valence-electron chi connectivity index (χ2n) is 3.72. The molecule has 0 saturated heterocycles. The minimum atomic E-state index is -0.382. The first-order valence-corrected chi connectivity index (χ1v) is 6.30. The molecule has 0 aromatic heterocycles. The van der Waals surface area contributed by atoms with E-state index in [-0.39, 0.29) is 16.2 Å². The smallest absolute Gasteiger partial charge is 0.220 e. The Morgan fingerprint density at radius 3 is 2.32 bits per heavy atom. The lowest BCUT2D eigenvalue weighted by Crippen LogP contribution is -2.09. The molecule has 2 rings (SSSR count). The number of carbonyl (C=O) groups is 1. The number of nitrogens with zero attached hydrogens (tertiary/aromatic N) is 1. The van der Waals surface area contributed by atoms with Gasteiger partial charge in [0.15, 0.2) is 4.62 Å². The molecule has 0 aliphatic rings. The topological polar surface area (TPSA) is 41.5 Å². The van der Waals surface area contributed by atoms with Crippen LogP contribution in [0.2, 0.25) is 0 Å². The van der Waals surface area contributed by atoms with Crippen molar-refractivity contribution in [3.63, 3.8) is 0 Å². The molecule has 0 unspecified atom stereocenters. The number of rotatable bonds is 4. The zero-order valence-electron chi connectivity index (χ0n) is 9.81. The van der Waals surface area contributed by atoms with Gasteiger partial charge in [-0.15, -0.1) is 0 Å². The van der Waals surface area contributed by atoms with E-state index in [0.29, 0.717) is 5.56 Å². The van der Waals surface area contributed by atoms with Gasteiger partial charge in [0, 0.05) is 5.56 Å². The fraction of sp³-hybridized carbons (Fsp3) is 0. The van der Waals surface area contributed by atoms with Crippen molar-refractivity contribution in [2.75, 3.05) is 5.43 Å². The lowest BCUT2D eigenvalue weighted by atomic mass is 10.1. The first-order valence-electron chi connectivity index (χ1n) is 5.51. The third-order valence-electron chi connectivity index (χ3n) is 2.35. The van der Waals surface area contributed by atoms with Crippen molar-refractivity contribution in [2.45, 2.75) is 0 Å². The highest BCUT2D eigenvalue weighted by Crippen LogP contribution is 2.09. The fourth-order valence-electron chi connectivity index (χ4n) is 1.40. The van der Waals surface area contributed by atoms with E-state index in [9.17, 15) is 9.18 Å². The molecule has 0 bridgehead atoms. The molecule has 0 aliphatic heterocycles. The first-order chi connectivity index (χ1) is 9.16. The molecular formula is C14H10BrFN2O. The summed E-state index contributed by atoms with van der Waals surface area (Å²) in [4.78, 5) is 11.9. The molecule has 19 heavy (non-hydrogen) atoms. The molecule has 0 spiro atoms. The lowest BCUT2D eigenvalue weighted by Gasteiger charge is -2.01. The van der Waals surface area contributed by atoms with E-state index in [2.05, 4.69) is 26.5 Å². The summed E-state index contributed by atoms with van der Waals surface area (Å²) in [5.41, 5.74) is 3.89. The predicted molar refractivity (Wildman–Crippen MR) is 77.2 cm³/mol. The second-order valence-corrected chi connectivity index (χ2v) is 4.47. The van der Waals surface area contributed by atoms with Crippen molar-refractivity contribution in [1.29, 1.82) is 0 Å². The molecule has 2 aromatic carbocycles. The molecule has 3 nitrogen and oxygen atoms in total. The molecule has 96 valence electrons. The highest BCUT2D eigenvalue weighted by atomic mass is 79.9. The van der Waals surface area contributed by atoms with Crippen LogP contribution in [0.15, 0.2) is 59.7 Å². The van der Waals surface area contributed by atoms with Crippen LogP contribution in [0.3, 0.4) is 0 Å². The Bertz CT molecular complexity index is 597. The maximum Gasteiger partial charge on any atom is 0.220 e. The van der Waals surface area contributed by atoms with E-state index in [4.69, 9.17) is 0 Å². The fourth-order valence-corrected chi connectivity index (χ4v) is 1.72. The van der Waals surface area contributed by atoms with Gasteiger partial charge in [-0.2, -0.15) is 5.10 Å². The molecule has 0 amide bonds. The Morgan fingerprint density at radius 1 is 1.05 bits per heavy atom. The Kier molecular flexibility index (Phi) is 4.41. The summed E-state index contributed by atoms with van der Waals surface area (Å²) in [6, 6.07) is 14.5. The predicted octanol–water partition coefficient (Wildman–Crippen LogP) is 3.83. The number of nitrogens with one attached hydrogen (secondary N) is 1. The van der Waals surface area contributed by atoms with Crippen molar-refractivity contribution in [1.82, 2.24) is 0 Å². The normalized spacial score (nSPS) is 11.2. The number of benzene rings is 2. The van der Waals surface area contributed by atoms with Gasteiger partial charge in [-0.3, -0.25) is 10.2 Å². The number of hydrogen-bond donors (Lipinski definition) is 1. The highest BCUT2D eigenvalue weighted by molar-refractivity contribution is 9.19. The minimum absolute atomic E-state index is 0.128.